The molecule has 0 bridgehead atoms. The van der Waals surface area contributed by atoms with E-state index < -0.39 is 0 Å². The highest BCUT2D eigenvalue weighted by Crippen LogP contribution is 2.13. The zero-order chi connectivity index (χ0) is 6.15. The molecule has 1 aliphatic rings. The van der Waals surface area contributed by atoms with Crippen molar-refractivity contribution in [3.63, 3.8) is 0 Å². The lowest BCUT2D eigenvalue weighted by atomic mass is 10.9. The van der Waals surface area contributed by atoms with Crippen molar-refractivity contribution >= 4 is 28.9 Å². The molecule has 0 radical (unpaired) electrons. The maximum absolute atomic E-state index is 4.02. The van der Waals surface area contributed by atoms with Gasteiger partial charge in [-0.2, -0.15) is 5.10 Å². The first kappa shape index (κ1) is 6.12. The van der Waals surface area contributed by atoms with Gasteiger partial charge in [0.2, 0.25) is 0 Å². The average molecular weight is 225 g/mol. The van der Waals surface area contributed by atoms with Gasteiger partial charge in [-0.05, 0) is 22.6 Å². The van der Waals surface area contributed by atoms with Gasteiger partial charge in [0, 0.05) is 14.1 Å². The van der Waals surface area contributed by atoms with E-state index in [1.165, 1.54) is 0 Å². The molecule has 4 heteroatoms. The van der Waals surface area contributed by atoms with Crippen LogP contribution in [-0.4, -0.2) is 34.5 Å². The number of hydrazone groups is 1. The summed E-state index contributed by atoms with van der Waals surface area (Å²) in [6, 6.07) is 0. The minimum absolute atomic E-state index is 0.396. The van der Waals surface area contributed by atoms with E-state index in [0.717, 1.165) is 0 Å². The minimum atomic E-state index is 0.396. The van der Waals surface area contributed by atoms with Crippen LogP contribution >= 0.6 is 22.6 Å². The highest BCUT2D eigenvalue weighted by atomic mass is 127. The Hall–Kier alpha value is 0. The van der Waals surface area contributed by atoms with Crippen LogP contribution in [0.15, 0.2) is 5.10 Å². The second-order valence-corrected chi connectivity index (χ2v) is 2.89. The molecule has 0 aromatic heterocycles. The van der Waals surface area contributed by atoms with Gasteiger partial charge >= 0.3 is 0 Å². The summed E-state index contributed by atoms with van der Waals surface area (Å²) in [5, 5.41) is 5.93. The zero-order valence-corrected chi connectivity index (χ0v) is 7.03. The first-order valence-electron chi connectivity index (χ1n) is 2.35. The topological polar surface area (TPSA) is 18.8 Å². The highest BCUT2D eigenvalue weighted by molar-refractivity contribution is 14.1. The van der Waals surface area contributed by atoms with Gasteiger partial charge in [-0.25, -0.2) is 0 Å². The first-order valence-corrected chi connectivity index (χ1v) is 3.59. The Kier molecular flexibility index (Phi) is 1.59. The number of nitrogens with zero attached hydrogens (tertiary/aromatic N) is 3. The van der Waals surface area contributed by atoms with Gasteiger partial charge in [-0.3, -0.25) is 5.01 Å². The summed E-state index contributed by atoms with van der Waals surface area (Å²) in [7, 11) is 3.96. The second kappa shape index (κ2) is 2.08. The fraction of sp³-hybridized carbons (Fsp3) is 0.750. The molecule has 1 aliphatic heterocycles. The largest absolute Gasteiger partial charge is 0.334 e. The third-order valence-corrected chi connectivity index (χ3v) is 2.75. The lowest BCUT2D eigenvalue weighted by Crippen LogP contribution is -2.28. The van der Waals surface area contributed by atoms with Crippen LogP contribution in [0.2, 0.25) is 0 Å². The minimum Gasteiger partial charge on any atom is -0.334 e. The Balaban J connectivity index is 2.55. The van der Waals surface area contributed by atoms with E-state index in [4.69, 9.17) is 0 Å². The van der Waals surface area contributed by atoms with Crippen molar-refractivity contribution in [2.24, 2.45) is 5.10 Å². The van der Waals surface area contributed by atoms with E-state index in [9.17, 15) is 0 Å². The molecule has 0 fully saturated rings. The molecular weight excluding hydrogens is 217 g/mol. The lowest BCUT2D eigenvalue weighted by Gasteiger charge is -2.17. The van der Waals surface area contributed by atoms with Crippen molar-refractivity contribution in [2.45, 2.75) is 4.17 Å². The van der Waals surface area contributed by atoms with Crippen LogP contribution in [0.25, 0.3) is 0 Å². The summed E-state index contributed by atoms with van der Waals surface area (Å²) < 4.78 is 0.396. The molecular formula is C4H8IN3. The van der Waals surface area contributed by atoms with Crippen LogP contribution in [0.4, 0.5) is 0 Å². The summed E-state index contributed by atoms with van der Waals surface area (Å²) in [4.78, 5) is 2.04. The van der Waals surface area contributed by atoms with Crippen LogP contribution in [-0.2, 0) is 0 Å². The van der Waals surface area contributed by atoms with Gasteiger partial charge in [0.1, 0.15) is 6.34 Å². The maximum atomic E-state index is 4.02. The molecule has 1 heterocycles. The van der Waals surface area contributed by atoms with E-state index in [1.807, 2.05) is 30.3 Å². The fourth-order valence-corrected chi connectivity index (χ4v) is 0.824. The van der Waals surface area contributed by atoms with Crippen molar-refractivity contribution in [1.29, 1.82) is 0 Å². The molecule has 0 aliphatic carbocycles. The van der Waals surface area contributed by atoms with Crippen LogP contribution in [0.5, 0.6) is 0 Å². The molecule has 0 saturated carbocycles. The first-order chi connectivity index (χ1) is 3.72. The van der Waals surface area contributed by atoms with Crippen LogP contribution in [0.3, 0.4) is 0 Å². The number of rotatable bonds is 0. The molecule has 46 valence electrons. The molecule has 0 N–H and O–H groups in total. The van der Waals surface area contributed by atoms with Crippen LogP contribution in [0, 0.1) is 0 Å². The van der Waals surface area contributed by atoms with Crippen molar-refractivity contribution in [1.82, 2.24) is 9.91 Å². The van der Waals surface area contributed by atoms with Gasteiger partial charge < -0.3 is 4.90 Å². The molecule has 0 spiro atoms. The average Bonchev–Trinajstić information content (AvgIpc) is 1.98. The second-order valence-electron chi connectivity index (χ2n) is 1.78. The van der Waals surface area contributed by atoms with Crippen molar-refractivity contribution < 1.29 is 0 Å². The number of hydrogen-bond acceptors (Lipinski definition) is 3. The number of alkyl halides is 1. The number of halogens is 1. The molecule has 3 nitrogen and oxygen atoms in total. The Morgan fingerprint density at radius 3 is 2.38 bits per heavy atom. The van der Waals surface area contributed by atoms with Gasteiger partial charge in [0.25, 0.3) is 0 Å². The SMILES string of the molecule is CN1C=NN(C)C1I. The third-order valence-electron chi connectivity index (χ3n) is 1.06. The van der Waals surface area contributed by atoms with Crippen molar-refractivity contribution in [2.75, 3.05) is 14.1 Å². The normalized spacial score (nSPS) is 27.6. The van der Waals surface area contributed by atoms with E-state index >= 15 is 0 Å². The molecule has 0 aromatic carbocycles. The predicted octanol–water partition coefficient (Wildman–Crippen LogP) is 0.525. The van der Waals surface area contributed by atoms with Crippen molar-refractivity contribution in [3.05, 3.63) is 0 Å². The van der Waals surface area contributed by atoms with E-state index in [0.29, 0.717) is 4.17 Å². The van der Waals surface area contributed by atoms with E-state index in [-0.39, 0.29) is 0 Å². The molecule has 8 heavy (non-hydrogen) atoms. The Morgan fingerprint density at radius 2 is 2.25 bits per heavy atom. The molecule has 0 aromatic rings. The van der Waals surface area contributed by atoms with E-state index in [2.05, 4.69) is 27.7 Å². The summed E-state index contributed by atoms with van der Waals surface area (Å²) >= 11 is 2.31. The van der Waals surface area contributed by atoms with Crippen LogP contribution in [0.1, 0.15) is 0 Å². The Morgan fingerprint density at radius 1 is 1.62 bits per heavy atom. The predicted molar refractivity (Wildman–Crippen MR) is 41.8 cm³/mol. The molecule has 1 unspecified atom stereocenters. The van der Waals surface area contributed by atoms with Crippen LogP contribution < -0.4 is 0 Å². The number of hydrogen-bond donors (Lipinski definition) is 0. The van der Waals surface area contributed by atoms with Gasteiger partial charge in [0.05, 0.1) is 0 Å². The summed E-state index contributed by atoms with van der Waals surface area (Å²) in [6.07, 6.45) is 1.82. The summed E-state index contributed by atoms with van der Waals surface area (Å²) in [5.74, 6) is 0. The van der Waals surface area contributed by atoms with Gasteiger partial charge in [0.15, 0.2) is 4.17 Å². The quantitative estimate of drug-likeness (QED) is 0.340. The van der Waals surface area contributed by atoms with Crippen molar-refractivity contribution in [3.8, 4) is 0 Å². The zero-order valence-electron chi connectivity index (χ0n) is 4.87. The fourth-order valence-electron chi connectivity index (χ4n) is 0.537. The van der Waals surface area contributed by atoms with Gasteiger partial charge in [-0.1, -0.05) is 0 Å². The molecule has 0 amide bonds. The smallest absolute Gasteiger partial charge is 0.170 e. The standard InChI is InChI=1S/C4H8IN3/c1-7-3-6-8(2)4(7)5/h3-4H,1-2H3. The monoisotopic (exact) mass is 225 g/mol. The third kappa shape index (κ3) is 0.888. The molecule has 0 saturated heterocycles. The summed E-state index contributed by atoms with van der Waals surface area (Å²) in [6.45, 7) is 0. The van der Waals surface area contributed by atoms with E-state index in [1.54, 1.807) is 0 Å². The summed E-state index contributed by atoms with van der Waals surface area (Å²) in [5.41, 5.74) is 0. The lowest BCUT2D eigenvalue weighted by molar-refractivity contribution is 0.285. The maximum Gasteiger partial charge on any atom is 0.170 e. The highest BCUT2D eigenvalue weighted by Gasteiger charge is 2.16. The molecule has 1 atom stereocenters. The van der Waals surface area contributed by atoms with Gasteiger partial charge in [-0.15, -0.1) is 0 Å². The molecule has 1 rings (SSSR count). The Bertz CT molecular complexity index is 102. The Labute approximate surface area is 62.5 Å².